The summed E-state index contributed by atoms with van der Waals surface area (Å²) in [4.78, 5) is 20.8. The minimum atomic E-state index is -4.18. The van der Waals surface area contributed by atoms with Gasteiger partial charge in [-0.3, -0.25) is 9.59 Å². The van der Waals surface area contributed by atoms with Crippen molar-refractivity contribution in [3.63, 3.8) is 0 Å². The maximum atomic E-state index is 11.4. The van der Waals surface area contributed by atoms with Gasteiger partial charge in [-0.2, -0.15) is 8.42 Å². The first-order valence-corrected chi connectivity index (χ1v) is 5.37. The highest BCUT2D eigenvalue weighted by Crippen LogP contribution is 2.16. The molecule has 0 unspecified atom stereocenters. The number of hydrogen-bond donors (Lipinski definition) is 0. The van der Waals surface area contributed by atoms with Crippen LogP contribution in [0.4, 0.5) is 0 Å². The summed E-state index contributed by atoms with van der Waals surface area (Å²) in [6.07, 6.45) is 0.385. The molecular formula is C9H8O5S. The van der Waals surface area contributed by atoms with Gasteiger partial charge in [0.2, 0.25) is 0 Å². The van der Waals surface area contributed by atoms with Crippen LogP contribution in [0.15, 0.2) is 29.2 Å². The van der Waals surface area contributed by atoms with Gasteiger partial charge in [-0.25, -0.2) is 0 Å². The number of carbonyl (C=O) groups is 2. The van der Waals surface area contributed by atoms with Crippen LogP contribution in [-0.2, 0) is 19.1 Å². The topological polar surface area (TPSA) is 77.5 Å². The van der Waals surface area contributed by atoms with Gasteiger partial charge in [-0.1, -0.05) is 18.2 Å². The van der Waals surface area contributed by atoms with Crippen LogP contribution in [0.2, 0.25) is 0 Å². The predicted octanol–water partition coefficient (Wildman–Crippen LogP) is 0.751. The van der Waals surface area contributed by atoms with Gasteiger partial charge in [0.25, 0.3) is 0 Å². The fraction of sp³-hybridized carbons (Fsp3) is 0.111. The quantitative estimate of drug-likeness (QED) is 0.563. The van der Waals surface area contributed by atoms with Crippen molar-refractivity contribution in [3.8, 4) is 0 Å². The Kier molecular flexibility index (Phi) is 3.21. The Morgan fingerprint density at radius 3 is 2.47 bits per heavy atom. The molecule has 5 nitrogen and oxygen atoms in total. The lowest BCUT2D eigenvalue weighted by Gasteiger charge is -2.04. The smallest absolute Gasteiger partial charge is 0.342 e. The summed E-state index contributed by atoms with van der Waals surface area (Å²) >= 11 is 0. The second kappa shape index (κ2) is 4.22. The van der Waals surface area contributed by atoms with E-state index in [-0.39, 0.29) is 10.5 Å². The standard InChI is InChI=1S/C9H8O5S/c1-7(11)14-15(12,13)9-5-3-2-4-8(9)6-10/h2-6H,1H3. The van der Waals surface area contributed by atoms with Crippen molar-refractivity contribution in [2.24, 2.45) is 0 Å². The average Bonchev–Trinajstić information content (AvgIpc) is 2.16. The lowest BCUT2D eigenvalue weighted by Crippen LogP contribution is -2.12. The largest absolute Gasteiger partial charge is 0.343 e. The molecule has 0 aliphatic rings. The third-order valence-electron chi connectivity index (χ3n) is 1.54. The first-order valence-electron chi connectivity index (χ1n) is 3.96. The number of benzene rings is 1. The van der Waals surface area contributed by atoms with E-state index in [2.05, 4.69) is 4.18 Å². The van der Waals surface area contributed by atoms with Gasteiger partial charge in [0, 0.05) is 12.5 Å². The first-order chi connectivity index (χ1) is 6.97. The van der Waals surface area contributed by atoms with Crippen LogP contribution in [0.1, 0.15) is 17.3 Å². The van der Waals surface area contributed by atoms with E-state index >= 15 is 0 Å². The molecule has 0 heterocycles. The van der Waals surface area contributed by atoms with E-state index in [4.69, 9.17) is 0 Å². The molecule has 80 valence electrons. The summed E-state index contributed by atoms with van der Waals surface area (Å²) < 4.78 is 27.0. The van der Waals surface area contributed by atoms with Crippen molar-refractivity contribution in [3.05, 3.63) is 29.8 Å². The van der Waals surface area contributed by atoms with Crippen molar-refractivity contribution in [2.75, 3.05) is 0 Å². The molecule has 0 fully saturated rings. The first kappa shape index (κ1) is 11.4. The predicted molar refractivity (Wildman–Crippen MR) is 50.8 cm³/mol. The number of rotatable bonds is 3. The fourth-order valence-corrected chi connectivity index (χ4v) is 2.05. The van der Waals surface area contributed by atoms with Crippen molar-refractivity contribution >= 4 is 22.4 Å². The highest BCUT2D eigenvalue weighted by molar-refractivity contribution is 7.87. The second-order valence-electron chi connectivity index (χ2n) is 2.68. The zero-order valence-electron chi connectivity index (χ0n) is 7.84. The van der Waals surface area contributed by atoms with Crippen LogP contribution >= 0.6 is 0 Å². The summed E-state index contributed by atoms with van der Waals surface area (Å²) in [6, 6.07) is 5.46. The van der Waals surface area contributed by atoms with E-state index < -0.39 is 16.1 Å². The molecule has 0 aromatic heterocycles. The van der Waals surface area contributed by atoms with E-state index in [9.17, 15) is 18.0 Å². The molecule has 0 N–H and O–H groups in total. The van der Waals surface area contributed by atoms with Crippen LogP contribution in [0.25, 0.3) is 0 Å². The SMILES string of the molecule is CC(=O)OS(=O)(=O)c1ccccc1C=O. The lowest BCUT2D eigenvalue weighted by molar-refractivity contribution is -0.131. The van der Waals surface area contributed by atoms with Crippen molar-refractivity contribution < 1.29 is 22.2 Å². The molecule has 1 rings (SSSR count). The summed E-state index contributed by atoms with van der Waals surface area (Å²) in [5.41, 5.74) is -0.0428. The van der Waals surface area contributed by atoms with E-state index in [1.165, 1.54) is 24.3 Å². The van der Waals surface area contributed by atoms with Crippen LogP contribution in [0.3, 0.4) is 0 Å². The van der Waals surface area contributed by atoms with Gasteiger partial charge in [0.05, 0.1) is 0 Å². The van der Waals surface area contributed by atoms with Gasteiger partial charge in [0.1, 0.15) is 4.90 Å². The van der Waals surface area contributed by atoms with Gasteiger partial charge >= 0.3 is 16.1 Å². The van der Waals surface area contributed by atoms with E-state index in [0.29, 0.717) is 6.29 Å². The number of aldehydes is 1. The molecule has 6 heteroatoms. The summed E-state index contributed by atoms with van der Waals surface area (Å²) in [5, 5.41) is 0. The Morgan fingerprint density at radius 2 is 1.93 bits per heavy atom. The lowest BCUT2D eigenvalue weighted by atomic mass is 10.2. The van der Waals surface area contributed by atoms with Crippen molar-refractivity contribution in [2.45, 2.75) is 11.8 Å². The van der Waals surface area contributed by atoms with Gasteiger partial charge < -0.3 is 4.18 Å². The molecule has 0 atom stereocenters. The van der Waals surface area contributed by atoms with E-state index in [1.807, 2.05) is 0 Å². The Bertz CT molecular complexity index is 489. The van der Waals surface area contributed by atoms with E-state index in [1.54, 1.807) is 0 Å². The fourth-order valence-electron chi connectivity index (χ4n) is 1.00. The Labute approximate surface area is 86.8 Å². The van der Waals surface area contributed by atoms with Crippen molar-refractivity contribution in [1.29, 1.82) is 0 Å². The Hall–Kier alpha value is -1.69. The Balaban J connectivity index is 3.26. The molecule has 0 aliphatic carbocycles. The molecule has 1 aromatic carbocycles. The maximum Gasteiger partial charge on any atom is 0.342 e. The summed E-state index contributed by atoms with van der Waals surface area (Å²) in [5.74, 6) is -0.948. The number of hydrogen-bond acceptors (Lipinski definition) is 5. The van der Waals surface area contributed by atoms with Crippen molar-refractivity contribution in [1.82, 2.24) is 0 Å². The van der Waals surface area contributed by atoms with Crippen LogP contribution in [0, 0.1) is 0 Å². The molecule has 0 aliphatic heterocycles. The Morgan fingerprint density at radius 1 is 1.33 bits per heavy atom. The maximum absolute atomic E-state index is 11.4. The summed E-state index contributed by atoms with van der Waals surface area (Å²) in [6.45, 7) is 0.973. The monoisotopic (exact) mass is 228 g/mol. The molecular weight excluding hydrogens is 220 g/mol. The summed E-state index contributed by atoms with van der Waals surface area (Å²) in [7, 11) is -4.18. The van der Waals surface area contributed by atoms with Crippen LogP contribution in [-0.4, -0.2) is 20.7 Å². The molecule has 0 radical (unpaired) electrons. The molecule has 0 bridgehead atoms. The zero-order valence-corrected chi connectivity index (χ0v) is 8.65. The second-order valence-corrected chi connectivity index (χ2v) is 4.20. The van der Waals surface area contributed by atoms with Crippen LogP contribution in [0.5, 0.6) is 0 Å². The highest BCUT2D eigenvalue weighted by atomic mass is 32.2. The molecule has 0 amide bonds. The van der Waals surface area contributed by atoms with Gasteiger partial charge in [0.15, 0.2) is 6.29 Å². The van der Waals surface area contributed by atoms with Gasteiger partial charge in [-0.15, -0.1) is 0 Å². The highest BCUT2D eigenvalue weighted by Gasteiger charge is 2.20. The van der Waals surface area contributed by atoms with Crippen LogP contribution < -0.4 is 0 Å². The van der Waals surface area contributed by atoms with Gasteiger partial charge in [-0.05, 0) is 6.07 Å². The molecule has 15 heavy (non-hydrogen) atoms. The third-order valence-corrected chi connectivity index (χ3v) is 2.91. The molecule has 0 spiro atoms. The average molecular weight is 228 g/mol. The zero-order chi connectivity index (χ0) is 11.5. The minimum Gasteiger partial charge on any atom is -0.343 e. The molecule has 1 aromatic rings. The third kappa shape index (κ3) is 2.63. The molecule has 0 saturated carbocycles. The minimum absolute atomic E-state index is 0.0428. The normalized spacial score (nSPS) is 10.7. The van der Waals surface area contributed by atoms with E-state index in [0.717, 1.165) is 6.92 Å². The molecule has 0 saturated heterocycles. The number of carbonyl (C=O) groups excluding carboxylic acids is 2.